The average Bonchev–Trinajstić information content (AvgIpc) is 3.18. The van der Waals surface area contributed by atoms with Crippen molar-refractivity contribution in [3.05, 3.63) is 65.8 Å². The molecule has 0 unspecified atom stereocenters. The van der Waals surface area contributed by atoms with Gasteiger partial charge in [0.15, 0.2) is 0 Å². The van der Waals surface area contributed by atoms with E-state index >= 15 is 0 Å². The van der Waals surface area contributed by atoms with Gasteiger partial charge in [-0.2, -0.15) is 0 Å². The van der Waals surface area contributed by atoms with Crippen LogP contribution in [0.25, 0.3) is 5.65 Å². The Bertz CT molecular complexity index is 1080. The van der Waals surface area contributed by atoms with Crippen LogP contribution in [0.5, 0.6) is 0 Å². The molecule has 1 saturated heterocycles. The first-order chi connectivity index (χ1) is 14.2. The van der Waals surface area contributed by atoms with Gasteiger partial charge in [0.05, 0.1) is 34.5 Å². The highest BCUT2D eigenvalue weighted by molar-refractivity contribution is 6.30. The van der Waals surface area contributed by atoms with Crippen molar-refractivity contribution in [1.82, 2.24) is 19.3 Å². The molecule has 0 atom stereocenters. The molecule has 5 rings (SSSR count). The molecule has 2 aliphatic heterocycles. The number of aliphatic imine (C=N–C) groups is 1. The van der Waals surface area contributed by atoms with Crippen LogP contribution < -0.4 is 9.80 Å². The lowest BCUT2D eigenvalue weighted by Crippen LogP contribution is -2.44. The van der Waals surface area contributed by atoms with Crippen LogP contribution in [0.4, 0.5) is 11.5 Å². The molecule has 0 N–H and O–H groups in total. The molecule has 0 amide bonds. The summed E-state index contributed by atoms with van der Waals surface area (Å²) in [5.41, 5.74) is 3.70. The van der Waals surface area contributed by atoms with E-state index in [0.29, 0.717) is 11.7 Å². The van der Waals surface area contributed by atoms with Gasteiger partial charge in [-0.15, -0.1) is 0 Å². The van der Waals surface area contributed by atoms with Gasteiger partial charge >= 0.3 is 0 Å². The van der Waals surface area contributed by atoms with Crippen LogP contribution in [-0.2, 0) is 0 Å². The van der Waals surface area contributed by atoms with Gasteiger partial charge in [0, 0.05) is 38.6 Å². The van der Waals surface area contributed by atoms with Crippen molar-refractivity contribution < 1.29 is 0 Å². The van der Waals surface area contributed by atoms with E-state index in [-0.39, 0.29) is 0 Å². The standard InChI is InChI=1S/C21H22ClN7/c1-26-8-10-27(11-9-26)20-5-3-17(12-23-20)28-7-6-18(25-15-28)19-13-24-21-4-2-16(22)14-29(19)21/h2-7,12-14H,8-11,15H2,1H3. The third kappa shape index (κ3) is 3.59. The van der Waals surface area contributed by atoms with Crippen LogP contribution >= 0.6 is 11.6 Å². The van der Waals surface area contributed by atoms with Crippen LogP contribution in [0.2, 0.25) is 5.02 Å². The summed E-state index contributed by atoms with van der Waals surface area (Å²) in [4.78, 5) is 20.6. The van der Waals surface area contributed by atoms with Gasteiger partial charge in [0.25, 0.3) is 0 Å². The van der Waals surface area contributed by atoms with Crippen molar-refractivity contribution in [2.75, 3.05) is 49.7 Å². The molecule has 0 saturated carbocycles. The largest absolute Gasteiger partial charge is 0.354 e. The van der Waals surface area contributed by atoms with Crippen molar-refractivity contribution in [2.24, 2.45) is 4.99 Å². The molecule has 0 aromatic carbocycles. The maximum absolute atomic E-state index is 6.14. The summed E-state index contributed by atoms with van der Waals surface area (Å²) in [6, 6.07) is 7.95. The van der Waals surface area contributed by atoms with Crippen molar-refractivity contribution >= 4 is 34.5 Å². The summed E-state index contributed by atoms with van der Waals surface area (Å²) >= 11 is 6.14. The van der Waals surface area contributed by atoms with Crippen molar-refractivity contribution in [3.63, 3.8) is 0 Å². The topological polar surface area (TPSA) is 52.3 Å². The monoisotopic (exact) mass is 407 g/mol. The quantitative estimate of drug-likeness (QED) is 0.668. The second kappa shape index (κ2) is 7.50. The van der Waals surface area contributed by atoms with E-state index < -0.39 is 0 Å². The van der Waals surface area contributed by atoms with E-state index in [2.05, 4.69) is 43.8 Å². The molecule has 29 heavy (non-hydrogen) atoms. The lowest BCUT2D eigenvalue weighted by atomic mass is 10.2. The molecule has 0 bridgehead atoms. The number of nitrogens with zero attached hydrogens (tertiary/aromatic N) is 7. The fraction of sp³-hybridized carbons (Fsp3) is 0.286. The second-order valence-corrected chi connectivity index (χ2v) is 7.79. The lowest BCUT2D eigenvalue weighted by molar-refractivity contribution is 0.312. The Morgan fingerprint density at radius 2 is 1.83 bits per heavy atom. The minimum atomic E-state index is 0.537. The SMILES string of the molecule is CN1CCN(c2ccc(N3C=CC(c4cnc5ccc(Cl)cn45)=NC3)cn2)CC1. The second-order valence-electron chi connectivity index (χ2n) is 7.35. The summed E-state index contributed by atoms with van der Waals surface area (Å²) in [6.07, 6.45) is 9.66. The number of aromatic nitrogens is 3. The molecule has 148 valence electrons. The summed E-state index contributed by atoms with van der Waals surface area (Å²) in [5.74, 6) is 1.04. The number of hydrogen-bond donors (Lipinski definition) is 0. The molecule has 8 heteroatoms. The highest BCUT2D eigenvalue weighted by Gasteiger charge is 2.17. The Labute approximate surface area is 174 Å². The molecular formula is C21H22ClN7. The number of likely N-dealkylation sites (N-methyl/N-ethyl adjacent to an activating group) is 1. The van der Waals surface area contributed by atoms with Gasteiger partial charge in [-0.1, -0.05) is 11.6 Å². The number of fused-ring (bicyclic) bond motifs is 1. The smallest absolute Gasteiger partial charge is 0.137 e. The van der Waals surface area contributed by atoms with Gasteiger partial charge in [-0.3, -0.25) is 9.39 Å². The first kappa shape index (κ1) is 18.1. The Morgan fingerprint density at radius 1 is 0.966 bits per heavy atom. The third-order valence-corrected chi connectivity index (χ3v) is 5.65. The fourth-order valence-electron chi connectivity index (χ4n) is 3.66. The first-order valence-corrected chi connectivity index (χ1v) is 10.1. The number of hydrogen-bond acceptors (Lipinski definition) is 6. The number of pyridine rings is 2. The van der Waals surface area contributed by atoms with Gasteiger partial charge < -0.3 is 14.7 Å². The first-order valence-electron chi connectivity index (χ1n) is 9.69. The number of anilines is 2. The molecule has 5 heterocycles. The van der Waals surface area contributed by atoms with Crippen LogP contribution in [0.3, 0.4) is 0 Å². The summed E-state index contributed by atoms with van der Waals surface area (Å²) in [5, 5.41) is 0.672. The molecule has 2 aliphatic rings. The molecule has 0 aliphatic carbocycles. The zero-order chi connectivity index (χ0) is 19.8. The maximum atomic E-state index is 6.14. The molecule has 1 fully saturated rings. The van der Waals surface area contributed by atoms with Gasteiger partial charge in [-0.25, -0.2) is 9.97 Å². The van der Waals surface area contributed by atoms with Crippen LogP contribution in [0.1, 0.15) is 5.69 Å². The van der Waals surface area contributed by atoms with E-state index in [0.717, 1.165) is 54.7 Å². The highest BCUT2D eigenvalue weighted by atomic mass is 35.5. The fourth-order valence-corrected chi connectivity index (χ4v) is 3.82. The zero-order valence-electron chi connectivity index (χ0n) is 16.2. The van der Waals surface area contributed by atoms with Crippen LogP contribution in [0, 0.1) is 0 Å². The minimum absolute atomic E-state index is 0.537. The van der Waals surface area contributed by atoms with Gasteiger partial charge in [0.2, 0.25) is 0 Å². The zero-order valence-corrected chi connectivity index (χ0v) is 17.0. The van der Waals surface area contributed by atoms with Crippen LogP contribution in [-0.4, -0.2) is 64.9 Å². The molecule has 3 aromatic heterocycles. The number of piperazine rings is 1. The lowest BCUT2D eigenvalue weighted by Gasteiger charge is -2.33. The van der Waals surface area contributed by atoms with Gasteiger partial charge in [0.1, 0.15) is 18.1 Å². The van der Waals surface area contributed by atoms with Crippen molar-refractivity contribution in [1.29, 1.82) is 0 Å². The van der Waals surface area contributed by atoms with Crippen molar-refractivity contribution in [3.8, 4) is 0 Å². The average molecular weight is 408 g/mol. The van der Waals surface area contributed by atoms with Gasteiger partial charge in [-0.05, 0) is 37.4 Å². The Kier molecular flexibility index (Phi) is 4.69. The van der Waals surface area contributed by atoms with Crippen molar-refractivity contribution in [2.45, 2.75) is 0 Å². The predicted octanol–water partition coefficient (Wildman–Crippen LogP) is 2.92. The van der Waals surface area contributed by atoms with E-state index in [1.54, 1.807) is 0 Å². The number of halogens is 1. The van der Waals surface area contributed by atoms with Crippen LogP contribution in [0.15, 0.2) is 60.1 Å². The molecular weight excluding hydrogens is 386 g/mol. The Hall–Kier alpha value is -2.90. The van der Waals surface area contributed by atoms with E-state index in [4.69, 9.17) is 16.6 Å². The van der Waals surface area contributed by atoms with E-state index in [1.165, 1.54) is 0 Å². The van der Waals surface area contributed by atoms with E-state index in [1.807, 2.05) is 47.4 Å². The minimum Gasteiger partial charge on any atom is -0.354 e. The highest BCUT2D eigenvalue weighted by Crippen LogP contribution is 2.21. The molecule has 0 radical (unpaired) electrons. The third-order valence-electron chi connectivity index (χ3n) is 5.43. The summed E-state index contributed by atoms with van der Waals surface area (Å²) < 4.78 is 1.97. The Balaban J connectivity index is 1.30. The molecule has 7 nitrogen and oxygen atoms in total. The summed E-state index contributed by atoms with van der Waals surface area (Å²) in [7, 11) is 2.16. The number of allylic oxidation sites excluding steroid dienone is 1. The summed E-state index contributed by atoms with van der Waals surface area (Å²) in [6.45, 7) is 4.72. The molecule has 0 spiro atoms. The Morgan fingerprint density at radius 3 is 2.55 bits per heavy atom. The maximum Gasteiger partial charge on any atom is 0.137 e. The number of imidazole rings is 1. The predicted molar refractivity (Wildman–Crippen MR) is 117 cm³/mol. The molecule has 3 aromatic rings. The van der Waals surface area contributed by atoms with E-state index in [9.17, 15) is 0 Å². The number of rotatable bonds is 3. The normalized spacial score (nSPS) is 17.8.